The van der Waals surface area contributed by atoms with Crippen LogP contribution in [0.3, 0.4) is 0 Å². The van der Waals surface area contributed by atoms with Gasteiger partial charge in [0.15, 0.2) is 6.10 Å². The first-order valence-corrected chi connectivity index (χ1v) is 8.57. The van der Waals surface area contributed by atoms with E-state index in [9.17, 15) is 9.59 Å². The Labute approximate surface area is 153 Å². The van der Waals surface area contributed by atoms with Crippen molar-refractivity contribution in [2.45, 2.75) is 26.0 Å². The summed E-state index contributed by atoms with van der Waals surface area (Å²) in [6.07, 6.45) is 0.835. The average Bonchev–Trinajstić information content (AvgIpc) is 2.63. The molecule has 0 fully saturated rings. The van der Waals surface area contributed by atoms with Crippen LogP contribution in [-0.2, 0) is 16.1 Å². The van der Waals surface area contributed by atoms with Crippen molar-refractivity contribution in [3.63, 3.8) is 0 Å². The van der Waals surface area contributed by atoms with E-state index in [0.29, 0.717) is 24.5 Å². The molecule has 1 aliphatic rings. The van der Waals surface area contributed by atoms with Gasteiger partial charge in [-0.05, 0) is 30.2 Å². The summed E-state index contributed by atoms with van der Waals surface area (Å²) in [5.41, 5.74) is 2.70. The Balaban J connectivity index is 1.69. The van der Waals surface area contributed by atoms with Crippen molar-refractivity contribution < 1.29 is 14.3 Å². The summed E-state index contributed by atoms with van der Waals surface area (Å²) in [6, 6.07) is 15.3. The van der Waals surface area contributed by atoms with E-state index in [1.54, 1.807) is 11.0 Å². The normalized spacial score (nSPS) is 15.4. The molecule has 5 nitrogen and oxygen atoms in total. The predicted octanol–water partition coefficient (Wildman–Crippen LogP) is 3.30. The molecule has 0 saturated heterocycles. The molecule has 0 spiro atoms. The van der Waals surface area contributed by atoms with Gasteiger partial charge in [-0.2, -0.15) is 0 Å². The van der Waals surface area contributed by atoms with Crippen LogP contribution in [-0.4, -0.2) is 29.4 Å². The van der Waals surface area contributed by atoms with Crippen molar-refractivity contribution in [2.75, 3.05) is 11.9 Å². The lowest BCUT2D eigenvalue weighted by molar-refractivity contribution is -0.137. The van der Waals surface area contributed by atoms with Crippen molar-refractivity contribution in [1.29, 1.82) is 0 Å². The molecule has 0 radical (unpaired) electrons. The van der Waals surface area contributed by atoms with Gasteiger partial charge in [-0.3, -0.25) is 9.59 Å². The number of benzene rings is 2. The number of fused-ring (bicyclic) bond motifs is 1. The van der Waals surface area contributed by atoms with Gasteiger partial charge in [0.2, 0.25) is 5.91 Å². The van der Waals surface area contributed by atoms with Crippen molar-refractivity contribution in [1.82, 2.24) is 4.90 Å². The van der Waals surface area contributed by atoms with Gasteiger partial charge in [-0.1, -0.05) is 42.5 Å². The highest BCUT2D eigenvalue weighted by molar-refractivity contribution is 6.00. The first-order valence-electron chi connectivity index (χ1n) is 8.57. The van der Waals surface area contributed by atoms with Gasteiger partial charge in [-0.15, -0.1) is 6.58 Å². The zero-order chi connectivity index (χ0) is 18.5. The van der Waals surface area contributed by atoms with E-state index in [0.717, 1.165) is 11.1 Å². The van der Waals surface area contributed by atoms with Crippen molar-refractivity contribution >= 4 is 17.5 Å². The number of amides is 2. The van der Waals surface area contributed by atoms with E-state index < -0.39 is 6.10 Å². The maximum Gasteiger partial charge on any atom is 0.266 e. The van der Waals surface area contributed by atoms with Gasteiger partial charge in [0, 0.05) is 13.1 Å². The van der Waals surface area contributed by atoms with Gasteiger partial charge in [-0.25, -0.2) is 0 Å². The number of anilines is 1. The lowest BCUT2D eigenvalue weighted by Crippen LogP contribution is -2.42. The Bertz CT molecular complexity index is 817. The van der Waals surface area contributed by atoms with E-state index in [1.807, 2.05) is 55.5 Å². The zero-order valence-corrected chi connectivity index (χ0v) is 14.8. The van der Waals surface area contributed by atoms with Gasteiger partial charge in [0.25, 0.3) is 5.91 Å². The van der Waals surface area contributed by atoms with Gasteiger partial charge < -0.3 is 15.0 Å². The maximum absolute atomic E-state index is 12.7. The van der Waals surface area contributed by atoms with E-state index >= 15 is 0 Å². The standard InChI is InChI=1S/C21H22N2O3/c1-3-11-23(14-16-7-5-4-6-8-16)20(24)13-19-21(25)22-17-12-15(2)9-10-18(17)26-19/h3-10,12,19H,1,11,13-14H2,2H3,(H,22,25). The Morgan fingerprint density at radius 3 is 2.77 bits per heavy atom. The number of carbonyl (C=O) groups excluding carboxylic acids is 2. The first kappa shape index (κ1) is 17.7. The largest absolute Gasteiger partial charge is 0.478 e. The Morgan fingerprint density at radius 1 is 1.27 bits per heavy atom. The topological polar surface area (TPSA) is 58.6 Å². The number of hydrogen-bond donors (Lipinski definition) is 1. The summed E-state index contributed by atoms with van der Waals surface area (Å²) in [6.45, 7) is 6.55. The molecular weight excluding hydrogens is 328 g/mol. The molecule has 134 valence electrons. The van der Waals surface area contributed by atoms with E-state index in [2.05, 4.69) is 11.9 Å². The number of nitrogens with one attached hydrogen (secondary N) is 1. The molecular formula is C21H22N2O3. The van der Waals surface area contributed by atoms with E-state index in [-0.39, 0.29) is 18.2 Å². The Morgan fingerprint density at radius 2 is 2.04 bits per heavy atom. The fourth-order valence-corrected chi connectivity index (χ4v) is 2.90. The quantitative estimate of drug-likeness (QED) is 0.813. The third kappa shape index (κ3) is 4.11. The van der Waals surface area contributed by atoms with Crippen LogP contribution in [0.2, 0.25) is 0 Å². The molecule has 3 rings (SSSR count). The Hall–Kier alpha value is -3.08. The summed E-state index contributed by atoms with van der Waals surface area (Å²) >= 11 is 0. The van der Waals surface area contributed by atoms with E-state index in [4.69, 9.17) is 4.74 Å². The fraction of sp³-hybridized carbons (Fsp3) is 0.238. The number of ether oxygens (including phenoxy) is 1. The highest BCUT2D eigenvalue weighted by atomic mass is 16.5. The summed E-state index contributed by atoms with van der Waals surface area (Å²) in [5, 5.41) is 2.82. The lowest BCUT2D eigenvalue weighted by atomic mass is 10.1. The highest BCUT2D eigenvalue weighted by Crippen LogP contribution is 2.31. The second-order valence-electron chi connectivity index (χ2n) is 6.35. The third-order valence-electron chi connectivity index (χ3n) is 4.23. The molecule has 1 N–H and O–H groups in total. The second kappa shape index (κ2) is 7.87. The summed E-state index contributed by atoms with van der Waals surface area (Å²) in [7, 11) is 0. The predicted molar refractivity (Wildman–Crippen MR) is 101 cm³/mol. The second-order valence-corrected chi connectivity index (χ2v) is 6.35. The molecule has 0 aliphatic carbocycles. The van der Waals surface area contributed by atoms with Crippen LogP contribution in [0.4, 0.5) is 5.69 Å². The molecule has 1 aliphatic heterocycles. The lowest BCUT2D eigenvalue weighted by Gasteiger charge is -2.28. The van der Waals surface area contributed by atoms with Crippen molar-refractivity contribution in [3.05, 3.63) is 72.3 Å². The smallest absolute Gasteiger partial charge is 0.266 e. The fourth-order valence-electron chi connectivity index (χ4n) is 2.90. The minimum Gasteiger partial charge on any atom is -0.478 e. The third-order valence-corrected chi connectivity index (χ3v) is 4.23. The molecule has 1 atom stereocenters. The molecule has 0 bridgehead atoms. The van der Waals surface area contributed by atoms with Crippen LogP contribution in [0, 0.1) is 6.92 Å². The van der Waals surface area contributed by atoms with Crippen molar-refractivity contribution in [2.24, 2.45) is 0 Å². The average molecular weight is 350 g/mol. The number of carbonyl (C=O) groups is 2. The van der Waals surface area contributed by atoms with Crippen LogP contribution in [0.1, 0.15) is 17.5 Å². The monoisotopic (exact) mass is 350 g/mol. The van der Waals surface area contributed by atoms with Gasteiger partial charge in [0.05, 0.1) is 12.1 Å². The van der Waals surface area contributed by atoms with Gasteiger partial charge >= 0.3 is 0 Å². The molecule has 2 aromatic carbocycles. The SMILES string of the molecule is C=CCN(Cc1ccccc1)C(=O)CC1Oc2ccc(C)cc2NC1=O. The number of rotatable bonds is 6. The molecule has 26 heavy (non-hydrogen) atoms. The van der Waals surface area contributed by atoms with E-state index in [1.165, 1.54) is 0 Å². The number of nitrogens with zero attached hydrogens (tertiary/aromatic N) is 1. The molecule has 0 saturated carbocycles. The molecule has 1 unspecified atom stereocenters. The molecule has 5 heteroatoms. The zero-order valence-electron chi connectivity index (χ0n) is 14.8. The molecule has 2 amide bonds. The number of hydrogen-bond acceptors (Lipinski definition) is 3. The van der Waals surface area contributed by atoms with Crippen LogP contribution < -0.4 is 10.1 Å². The number of aryl methyl sites for hydroxylation is 1. The minimum absolute atomic E-state index is 0.0141. The maximum atomic E-state index is 12.7. The van der Waals surface area contributed by atoms with Crippen LogP contribution in [0.15, 0.2) is 61.2 Å². The molecule has 0 aromatic heterocycles. The minimum atomic E-state index is -0.833. The van der Waals surface area contributed by atoms with Crippen LogP contribution in [0.25, 0.3) is 0 Å². The summed E-state index contributed by atoms with van der Waals surface area (Å²) in [4.78, 5) is 26.7. The van der Waals surface area contributed by atoms with Crippen LogP contribution >= 0.6 is 0 Å². The van der Waals surface area contributed by atoms with Crippen LogP contribution in [0.5, 0.6) is 5.75 Å². The van der Waals surface area contributed by atoms with Gasteiger partial charge in [0.1, 0.15) is 5.75 Å². The summed E-state index contributed by atoms with van der Waals surface area (Å²) < 4.78 is 5.76. The first-order chi connectivity index (χ1) is 12.6. The summed E-state index contributed by atoms with van der Waals surface area (Å²) in [5.74, 6) is 0.144. The molecule has 2 aromatic rings. The Kier molecular flexibility index (Phi) is 5.37. The highest BCUT2D eigenvalue weighted by Gasteiger charge is 2.31. The van der Waals surface area contributed by atoms with Crippen molar-refractivity contribution in [3.8, 4) is 5.75 Å². The molecule has 1 heterocycles.